The number of unbranched alkanes of at least 4 members (excludes halogenated alkanes) is 3. The Balaban J connectivity index is 2.18. The van der Waals surface area contributed by atoms with Crippen LogP contribution >= 0.6 is 0 Å². The summed E-state index contributed by atoms with van der Waals surface area (Å²) in [7, 11) is 2.15. The summed E-state index contributed by atoms with van der Waals surface area (Å²) in [5.74, 6) is 0.946. The average Bonchev–Trinajstić information content (AvgIpc) is 2.63. The Bertz CT molecular complexity index is 180. The quantitative estimate of drug-likeness (QED) is 0.367. The van der Waals surface area contributed by atoms with Gasteiger partial charge in [-0.1, -0.05) is 44.6 Å². The minimum atomic E-state index is 0.775. The molecule has 1 saturated carbocycles. The predicted octanol–water partition coefficient (Wildman–Crippen LogP) is 4.68. The summed E-state index contributed by atoms with van der Waals surface area (Å²) in [4.78, 5) is 0. The lowest BCUT2D eigenvalue weighted by atomic mass is 9.88. The summed E-state index contributed by atoms with van der Waals surface area (Å²) in [6.45, 7) is 3.78. The maximum atomic E-state index is 3.78. The fraction of sp³-hybridized carbons (Fsp3) is 0.875. The molecule has 0 aliphatic heterocycles. The molecule has 1 aliphatic rings. The lowest BCUT2D eigenvalue weighted by Gasteiger charge is -2.25. The SMILES string of the molecule is C=CCCCCCC(NC)C1CCCCCC1. The predicted molar refractivity (Wildman–Crippen MR) is 77.3 cm³/mol. The Hall–Kier alpha value is -0.300. The zero-order valence-corrected chi connectivity index (χ0v) is 11.7. The average molecular weight is 237 g/mol. The van der Waals surface area contributed by atoms with E-state index in [-0.39, 0.29) is 0 Å². The highest BCUT2D eigenvalue weighted by Crippen LogP contribution is 2.27. The Kier molecular flexibility index (Phi) is 8.42. The van der Waals surface area contributed by atoms with Gasteiger partial charge in [-0.25, -0.2) is 0 Å². The van der Waals surface area contributed by atoms with Crippen molar-refractivity contribution in [3.8, 4) is 0 Å². The molecule has 1 heteroatoms. The Morgan fingerprint density at radius 2 is 1.82 bits per heavy atom. The van der Waals surface area contributed by atoms with Gasteiger partial charge in [0.1, 0.15) is 0 Å². The van der Waals surface area contributed by atoms with Crippen LogP contribution in [0.1, 0.15) is 70.6 Å². The van der Waals surface area contributed by atoms with Crippen molar-refractivity contribution in [1.29, 1.82) is 0 Å². The third-order valence-corrected chi connectivity index (χ3v) is 4.26. The second-order valence-electron chi connectivity index (χ2n) is 5.57. The monoisotopic (exact) mass is 237 g/mol. The van der Waals surface area contributed by atoms with Gasteiger partial charge in [0, 0.05) is 6.04 Å². The largest absolute Gasteiger partial charge is 0.317 e. The molecule has 0 spiro atoms. The molecule has 0 amide bonds. The number of hydrogen-bond acceptors (Lipinski definition) is 1. The molecule has 0 saturated heterocycles. The van der Waals surface area contributed by atoms with Crippen LogP contribution in [-0.4, -0.2) is 13.1 Å². The van der Waals surface area contributed by atoms with Crippen molar-refractivity contribution in [2.75, 3.05) is 7.05 Å². The molecule has 0 bridgehead atoms. The zero-order valence-electron chi connectivity index (χ0n) is 11.7. The summed E-state index contributed by atoms with van der Waals surface area (Å²) in [6.07, 6.45) is 17.4. The second-order valence-corrected chi connectivity index (χ2v) is 5.57. The summed E-state index contributed by atoms with van der Waals surface area (Å²) < 4.78 is 0. The molecule has 100 valence electrons. The van der Waals surface area contributed by atoms with Gasteiger partial charge in [-0.15, -0.1) is 6.58 Å². The molecule has 0 radical (unpaired) electrons. The van der Waals surface area contributed by atoms with E-state index in [2.05, 4.69) is 18.9 Å². The van der Waals surface area contributed by atoms with Crippen LogP contribution in [0, 0.1) is 5.92 Å². The smallest absolute Gasteiger partial charge is 0.00923 e. The summed E-state index contributed by atoms with van der Waals surface area (Å²) >= 11 is 0. The molecular weight excluding hydrogens is 206 g/mol. The molecule has 1 unspecified atom stereocenters. The molecular formula is C16H31N. The lowest BCUT2D eigenvalue weighted by Crippen LogP contribution is -2.33. The van der Waals surface area contributed by atoms with E-state index < -0.39 is 0 Å². The molecule has 0 heterocycles. The zero-order chi connectivity index (χ0) is 12.3. The van der Waals surface area contributed by atoms with Gasteiger partial charge in [0.15, 0.2) is 0 Å². The maximum Gasteiger partial charge on any atom is 0.00923 e. The van der Waals surface area contributed by atoms with Gasteiger partial charge in [-0.3, -0.25) is 0 Å². The van der Waals surface area contributed by atoms with Crippen LogP contribution < -0.4 is 5.32 Å². The first kappa shape index (κ1) is 14.8. The first-order chi connectivity index (χ1) is 8.38. The molecule has 1 aliphatic carbocycles. The maximum absolute atomic E-state index is 3.78. The van der Waals surface area contributed by atoms with Crippen molar-refractivity contribution in [3.63, 3.8) is 0 Å². The van der Waals surface area contributed by atoms with Crippen molar-refractivity contribution in [2.24, 2.45) is 5.92 Å². The highest BCUT2D eigenvalue weighted by molar-refractivity contribution is 4.77. The molecule has 17 heavy (non-hydrogen) atoms. The number of allylic oxidation sites excluding steroid dienone is 1. The van der Waals surface area contributed by atoms with Crippen LogP contribution in [0.2, 0.25) is 0 Å². The van der Waals surface area contributed by atoms with Crippen molar-refractivity contribution < 1.29 is 0 Å². The third-order valence-electron chi connectivity index (χ3n) is 4.26. The first-order valence-corrected chi connectivity index (χ1v) is 7.66. The third kappa shape index (κ3) is 6.26. The van der Waals surface area contributed by atoms with Crippen molar-refractivity contribution >= 4 is 0 Å². The van der Waals surface area contributed by atoms with Crippen LogP contribution in [0.4, 0.5) is 0 Å². The van der Waals surface area contributed by atoms with E-state index in [0.717, 1.165) is 12.0 Å². The van der Waals surface area contributed by atoms with Crippen molar-refractivity contribution in [3.05, 3.63) is 12.7 Å². The van der Waals surface area contributed by atoms with Crippen LogP contribution in [0.3, 0.4) is 0 Å². The Morgan fingerprint density at radius 1 is 1.12 bits per heavy atom. The van der Waals surface area contributed by atoms with E-state index >= 15 is 0 Å². The topological polar surface area (TPSA) is 12.0 Å². The minimum absolute atomic E-state index is 0.775. The van der Waals surface area contributed by atoms with Crippen molar-refractivity contribution in [1.82, 2.24) is 5.32 Å². The summed E-state index contributed by atoms with van der Waals surface area (Å²) in [6, 6.07) is 0.775. The molecule has 1 atom stereocenters. The van der Waals surface area contributed by atoms with Crippen molar-refractivity contribution in [2.45, 2.75) is 76.7 Å². The van der Waals surface area contributed by atoms with Crippen LogP contribution in [-0.2, 0) is 0 Å². The van der Waals surface area contributed by atoms with E-state index in [1.54, 1.807) is 0 Å². The van der Waals surface area contributed by atoms with Gasteiger partial charge in [-0.2, -0.15) is 0 Å². The van der Waals surface area contributed by atoms with E-state index in [9.17, 15) is 0 Å². The molecule has 0 aromatic heterocycles. The van der Waals surface area contributed by atoms with E-state index in [4.69, 9.17) is 0 Å². The van der Waals surface area contributed by atoms with Gasteiger partial charge >= 0.3 is 0 Å². The molecule has 0 aromatic rings. The molecule has 1 N–H and O–H groups in total. The molecule has 0 aromatic carbocycles. The normalized spacial score (nSPS) is 19.8. The molecule has 1 fully saturated rings. The molecule has 1 rings (SSSR count). The van der Waals surface area contributed by atoms with Crippen LogP contribution in [0.25, 0.3) is 0 Å². The summed E-state index contributed by atoms with van der Waals surface area (Å²) in [5, 5.41) is 3.57. The number of hydrogen-bond donors (Lipinski definition) is 1. The lowest BCUT2D eigenvalue weighted by molar-refractivity contribution is 0.311. The highest BCUT2D eigenvalue weighted by Gasteiger charge is 2.20. The van der Waals surface area contributed by atoms with Gasteiger partial charge in [0.05, 0.1) is 0 Å². The van der Waals surface area contributed by atoms with E-state index in [0.29, 0.717) is 0 Å². The fourth-order valence-electron chi connectivity index (χ4n) is 3.16. The van der Waals surface area contributed by atoms with E-state index in [1.807, 2.05) is 6.08 Å². The second kappa shape index (κ2) is 9.70. The van der Waals surface area contributed by atoms with Gasteiger partial charge in [-0.05, 0) is 45.1 Å². The molecule has 1 nitrogen and oxygen atoms in total. The summed E-state index contributed by atoms with van der Waals surface area (Å²) in [5.41, 5.74) is 0. The Morgan fingerprint density at radius 3 is 2.41 bits per heavy atom. The van der Waals surface area contributed by atoms with E-state index in [1.165, 1.54) is 70.6 Å². The first-order valence-electron chi connectivity index (χ1n) is 7.66. The van der Waals surface area contributed by atoms with Crippen LogP contribution in [0.5, 0.6) is 0 Å². The Labute approximate surface area is 108 Å². The minimum Gasteiger partial charge on any atom is -0.317 e. The van der Waals surface area contributed by atoms with Gasteiger partial charge in [0.2, 0.25) is 0 Å². The highest BCUT2D eigenvalue weighted by atomic mass is 14.9. The number of nitrogens with one attached hydrogen (secondary N) is 1. The van der Waals surface area contributed by atoms with Crippen LogP contribution in [0.15, 0.2) is 12.7 Å². The fourth-order valence-corrected chi connectivity index (χ4v) is 3.16. The van der Waals surface area contributed by atoms with Gasteiger partial charge in [0.25, 0.3) is 0 Å². The van der Waals surface area contributed by atoms with Gasteiger partial charge < -0.3 is 5.32 Å². The standard InChI is InChI=1S/C16H31N/c1-3-4-5-6-11-14-16(17-2)15-12-9-7-8-10-13-15/h3,15-17H,1,4-14H2,2H3. The number of rotatable bonds is 8.